The molecule has 1 aliphatic rings. The molecule has 0 amide bonds. The fraction of sp³-hybridized carbons (Fsp3) is 0.467. The number of β-amino-alcohol motifs (C(OH)–C–C–N with tert-alkyl or cyclic N) is 1. The van der Waals surface area contributed by atoms with Gasteiger partial charge in [-0.3, -0.25) is 10.00 Å². The van der Waals surface area contributed by atoms with E-state index in [1.807, 2.05) is 13.0 Å². The van der Waals surface area contributed by atoms with E-state index in [0.717, 1.165) is 23.6 Å². The highest BCUT2D eigenvalue weighted by atomic mass is 19.1. The summed E-state index contributed by atoms with van der Waals surface area (Å²) in [6.45, 7) is 3.14. The standard InChI is InChI=1S/C15H19FN4O/c1-2-14-17-15(19-18-14)9-20-8-12(21)7-13(20)10-4-3-5-11(16)6-10/h3-6,12-13,21H,2,7-9H2,1H3,(H,17,18,19). The number of rotatable bonds is 4. The van der Waals surface area contributed by atoms with Crippen molar-refractivity contribution < 1.29 is 9.50 Å². The lowest BCUT2D eigenvalue weighted by Crippen LogP contribution is -2.25. The van der Waals surface area contributed by atoms with Crippen LogP contribution in [0.4, 0.5) is 4.39 Å². The lowest BCUT2D eigenvalue weighted by Gasteiger charge is -2.23. The summed E-state index contributed by atoms with van der Waals surface area (Å²) in [5.74, 6) is 1.32. The molecule has 3 rings (SSSR count). The fourth-order valence-electron chi connectivity index (χ4n) is 2.87. The first kappa shape index (κ1) is 14.2. The van der Waals surface area contributed by atoms with Gasteiger partial charge in [0.1, 0.15) is 17.5 Å². The average Bonchev–Trinajstić information content (AvgIpc) is 3.06. The number of nitrogens with zero attached hydrogens (tertiary/aromatic N) is 3. The maximum absolute atomic E-state index is 13.4. The van der Waals surface area contributed by atoms with E-state index >= 15 is 0 Å². The van der Waals surface area contributed by atoms with Gasteiger partial charge in [0.05, 0.1) is 12.6 Å². The molecule has 1 saturated heterocycles. The topological polar surface area (TPSA) is 65.0 Å². The monoisotopic (exact) mass is 290 g/mol. The molecule has 1 aromatic heterocycles. The Morgan fingerprint density at radius 1 is 1.48 bits per heavy atom. The summed E-state index contributed by atoms with van der Waals surface area (Å²) in [5, 5.41) is 17.0. The van der Waals surface area contributed by atoms with Crippen LogP contribution in [0.2, 0.25) is 0 Å². The molecule has 0 spiro atoms. The molecule has 1 fully saturated rings. The number of hydrogen-bond donors (Lipinski definition) is 2. The zero-order valence-corrected chi connectivity index (χ0v) is 12.0. The van der Waals surface area contributed by atoms with Crippen molar-refractivity contribution in [2.24, 2.45) is 0 Å². The van der Waals surface area contributed by atoms with Crippen molar-refractivity contribution in [3.63, 3.8) is 0 Å². The highest BCUT2D eigenvalue weighted by Gasteiger charge is 2.32. The van der Waals surface area contributed by atoms with E-state index < -0.39 is 6.10 Å². The molecular formula is C15H19FN4O. The number of H-pyrrole nitrogens is 1. The SMILES string of the molecule is CCc1n[nH]c(CN2CC(O)CC2c2cccc(F)c2)n1. The Bertz CT molecular complexity index is 615. The van der Waals surface area contributed by atoms with E-state index in [0.29, 0.717) is 19.5 Å². The van der Waals surface area contributed by atoms with E-state index in [2.05, 4.69) is 20.1 Å². The predicted molar refractivity (Wildman–Crippen MR) is 75.9 cm³/mol. The number of aliphatic hydroxyl groups excluding tert-OH is 1. The van der Waals surface area contributed by atoms with Gasteiger partial charge in [0.2, 0.25) is 0 Å². The summed E-state index contributed by atoms with van der Waals surface area (Å²) in [5.41, 5.74) is 0.891. The van der Waals surface area contributed by atoms with Crippen LogP contribution in [0.5, 0.6) is 0 Å². The smallest absolute Gasteiger partial charge is 0.150 e. The number of aliphatic hydroxyl groups is 1. The Hall–Kier alpha value is -1.79. The Balaban J connectivity index is 1.79. The number of halogens is 1. The molecule has 21 heavy (non-hydrogen) atoms. The molecule has 1 aromatic carbocycles. The van der Waals surface area contributed by atoms with Gasteiger partial charge in [-0.2, -0.15) is 5.10 Å². The highest BCUT2D eigenvalue weighted by Crippen LogP contribution is 2.33. The van der Waals surface area contributed by atoms with E-state index in [1.165, 1.54) is 12.1 Å². The van der Waals surface area contributed by atoms with E-state index in [4.69, 9.17) is 0 Å². The summed E-state index contributed by atoms with van der Waals surface area (Å²) in [4.78, 5) is 6.51. The van der Waals surface area contributed by atoms with Crippen LogP contribution in [0.25, 0.3) is 0 Å². The van der Waals surface area contributed by atoms with Gasteiger partial charge in [0, 0.05) is 19.0 Å². The van der Waals surface area contributed by atoms with Gasteiger partial charge >= 0.3 is 0 Å². The van der Waals surface area contributed by atoms with Crippen molar-refractivity contribution in [1.29, 1.82) is 0 Å². The first-order valence-electron chi connectivity index (χ1n) is 7.23. The van der Waals surface area contributed by atoms with E-state index in [-0.39, 0.29) is 11.9 Å². The highest BCUT2D eigenvalue weighted by molar-refractivity contribution is 5.22. The molecule has 2 N–H and O–H groups in total. The summed E-state index contributed by atoms with van der Waals surface area (Å²) in [7, 11) is 0. The molecule has 2 unspecified atom stereocenters. The van der Waals surface area contributed by atoms with Crippen LogP contribution in [0, 0.1) is 5.82 Å². The second kappa shape index (κ2) is 5.91. The van der Waals surface area contributed by atoms with Gasteiger partial charge in [0.25, 0.3) is 0 Å². The van der Waals surface area contributed by atoms with Gasteiger partial charge in [-0.05, 0) is 24.1 Å². The van der Waals surface area contributed by atoms with Crippen LogP contribution in [0.3, 0.4) is 0 Å². The van der Waals surface area contributed by atoms with E-state index in [9.17, 15) is 9.50 Å². The van der Waals surface area contributed by atoms with Gasteiger partial charge < -0.3 is 5.11 Å². The van der Waals surface area contributed by atoms with Crippen LogP contribution in [-0.2, 0) is 13.0 Å². The second-order valence-corrected chi connectivity index (χ2v) is 5.44. The number of benzene rings is 1. The normalized spacial score (nSPS) is 22.8. The minimum absolute atomic E-state index is 0.00544. The fourth-order valence-corrected chi connectivity index (χ4v) is 2.87. The minimum atomic E-state index is -0.396. The molecule has 2 atom stereocenters. The predicted octanol–water partition coefficient (Wildman–Crippen LogP) is 1.81. The van der Waals surface area contributed by atoms with Gasteiger partial charge in [-0.15, -0.1) is 0 Å². The molecule has 0 aliphatic carbocycles. The lowest BCUT2D eigenvalue weighted by atomic mass is 10.0. The number of aryl methyl sites for hydroxylation is 1. The molecule has 5 nitrogen and oxygen atoms in total. The molecule has 0 bridgehead atoms. The molecule has 0 saturated carbocycles. The molecule has 1 aliphatic heterocycles. The number of nitrogens with one attached hydrogen (secondary N) is 1. The van der Waals surface area contributed by atoms with Crippen molar-refractivity contribution in [3.05, 3.63) is 47.3 Å². The third kappa shape index (κ3) is 3.11. The zero-order chi connectivity index (χ0) is 14.8. The molecule has 2 aromatic rings. The molecule has 0 radical (unpaired) electrons. The first-order valence-corrected chi connectivity index (χ1v) is 7.23. The largest absolute Gasteiger partial charge is 0.392 e. The summed E-state index contributed by atoms with van der Waals surface area (Å²) in [6.07, 6.45) is 0.997. The maximum Gasteiger partial charge on any atom is 0.150 e. The Morgan fingerprint density at radius 3 is 3.05 bits per heavy atom. The van der Waals surface area contributed by atoms with Gasteiger partial charge in [-0.1, -0.05) is 19.1 Å². The first-order chi connectivity index (χ1) is 10.2. The van der Waals surface area contributed by atoms with E-state index in [1.54, 1.807) is 6.07 Å². The summed E-state index contributed by atoms with van der Waals surface area (Å²) < 4.78 is 13.4. The van der Waals surface area contributed by atoms with Gasteiger partial charge in [0.15, 0.2) is 0 Å². The number of likely N-dealkylation sites (tertiary alicyclic amines) is 1. The number of aromatic nitrogens is 3. The molecular weight excluding hydrogens is 271 g/mol. The summed E-state index contributed by atoms with van der Waals surface area (Å²) in [6, 6.07) is 6.58. The molecule has 112 valence electrons. The lowest BCUT2D eigenvalue weighted by molar-refractivity contribution is 0.171. The summed E-state index contributed by atoms with van der Waals surface area (Å²) >= 11 is 0. The molecule has 6 heteroatoms. The van der Waals surface area contributed by atoms with Crippen molar-refractivity contribution in [2.45, 2.75) is 38.5 Å². The van der Waals surface area contributed by atoms with Crippen LogP contribution in [0.1, 0.15) is 36.6 Å². The Morgan fingerprint density at radius 2 is 2.33 bits per heavy atom. The second-order valence-electron chi connectivity index (χ2n) is 5.44. The van der Waals surface area contributed by atoms with Crippen molar-refractivity contribution in [2.75, 3.05) is 6.54 Å². The number of aromatic amines is 1. The van der Waals surface area contributed by atoms with Crippen LogP contribution < -0.4 is 0 Å². The minimum Gasteiger partial charge on any atom is -0.392 e. The van der Waals surface area contributed by atoms with Crippen LogP contribution >= 0.6 is 0 Å². The van der Waals surface area contributed by atoms with Crippen molar-refractivity contribution >= 4 is 0 Å². The average molecular weight is 290 g/mol. The zero-order valence-electron chi connectivity index (χ0n) is 12.0. The third-order valence-electron chi connectivity index (χ3n) is 3.86. The Labute approximate surface area is 122 Å². The van der Waals surface area contributed by atoms with Crippen molar-refractivity contribution in [1.82, 2.24) is 20.1 Å². The third-order valence-corrected chi connectivity index (χ3v) is 3.86. The maximum atomic E-state index is 13.4. The van der Waals surface area contributed by atoms with Gasteiger partial charge in [-0.25, -0.2) is 9.37 Å². The van der Waals surface area contributed by atoms with Crippen LogP contribution in [0.15, 0.2) is 24.3 Å². The molecule has 2 heterocycles. The number of hydrogen-bond acceptors (Lipinski definition) is 4. The van der Waals surface area contributed by atoms with Crippen LogP contribution in [-0.4, -0.2) is 37.8 Å². The Kier molecular flexibility index (Phi) is 3.98. The quantitative estimate of drug-likeness (QED) is 0.901. The van der Waals surface area contributed by atoms with Crippen molar-refractivity contribution in [3.8, 4) is 0 Å².